The predicted octanol–water partition coefficient (Wildman–Crippen LogP) is 4.52. The smallest absolute Gasteiger partial charge is 0.413 e. The molecule has 162 valence electrons. The Morgan fingerprint density at radius 3 is 2.71 bits per heavy atom. The molecule has 0 fully saturated rings. The van der Waals surface area contributed by atoms with Crippen molar-refractivity contribution in [2.24, 2.45) is 0 Å². The maximum absolute atomic E-state index is 13.6. The van der Waals surface area contributed by atoms with Crippen LogP contribution in [0.15, 0.2) is 54.7 Å². The van der Waals surface area contributed by atoms with Crippen molar-refractivity contribution < 1.29 is 18.7 Å². The summed E-state index contributed by atoms with van der Waals surface area (Å²) >= 11 is 5.94. The molecule has 0 bridgehead atoms. The summed E-state index contributed by atoms with van der Waals surface area (Å²) in [5, 5.41) is 5.70. The van der Waals surface area contributed by atoms with Crippen LogP contribution in [-0.2, 0) is 16.1 Å². The molecule has 9 heteroatoms. The lowest BCUT2D eigenvalue weighted by atomic mass is 10.2. The van der Waals surface area contributed by atoms with Crippen molar-refractivity contribution in [2.75, 3.05) is 5.32 Å². The summed E-state index contributed by atoms with van der Waals surface area (Å²) in [6, 6.07) is 13.3. The number of pyridine rings is 1. The lowest BCUT2D eigenvalue weighted by molar-refractivity contribution is -0.126. The number of hydrogen-bond donors (Lipinski definition) is 2. The van der Waals surface area contributed by atoms with E-state index >= 15 is 0 Å². The first-order valence-corrected chi connectivity index (χ1v) is 9.99. The van der Waals surface area contributed by atoms with Gasteiger partial charge < -0.3 is 4.74 Å². The number of ether oxygens (including phenoxy) is 1. The molecular weight excluding hydrogens is 423 g/mol. The van der Waals surface area contributed by atoms with Crippen molar-refractivity contribution in [1.29, 1.82) is 0 Å². The van der Waals surface area contributed by atoms with Crippen molar-refractivity contribution in [2.45, 2.75) is 32.5 Å². The number of fused-ring (bicyclic) bond motifs is 1. The molecule has 2 atom stereocenters. The first kappa shape index (κ1) is 22.5. The summed E-state index contributed by atoms with van der Waals surface area (Å²) in [6.45, 7) is 3.49. The summed E-state index contributed by atoms with van der Waals surface area (Å²) in [4.78, 5) is 28.0. The Morgan fingerprint density at radius 1 is 1.23 bits per heavy atom. The highest BCUT2D eigenvalue weighted by Crippen LogP contribution is 2.20. The molecule has 0 saturated carbocycles. The molecule has 2 N–H and O–H groups in total. The topological polar surface area (TPSA) is 83.6 Å². The lowest BCUT2D eigenvalue weighted by Crippen LogP contribution is -2.49. The Bertz CT molecular complexity index is 1080. The molecule has 1 heterocycles. The van der Waals surface area contributed by atoms with E-state index in [0.717, 1.165) is 10.8 Å². The summed E-state index contributed by atoms with van der Waals surface area (Å²) in [7, 11) is 0. The van der Waals surface area contributed by atoms with Crippen molar-refractivity contribution >= 4 is 40.7 Å². The molecule has 0 aliphatic carbocycles. The number of carbonyl (C=O) groups is 2. The maximum atomic E-state index is 13.6. The summed E-state index contributed by atoms with van der Waals surface area (Å²) in [5.41, 5.74) is 3.36. The van der Waals surface area contributed by atoms with Gasteiger partial charge >= 0.3 is 6.09 Å². The van der Waals surface area contributed by atoms with E-state index in [1.54, 1.807) is 32.2 Å². The van der Waals surface area contributed by atoms with Crippen LogP contribution in [0.5, 0.6) is 0 Å². The normalized spacial score (nSPS) is 12.8. The van der Waals surface area contributed by atoms with E-state index in [2.05, 4.69) is 15.7 Å². The van der Waals surface area contributed by atoms with Gasteiger partial charge in [-0.05, 0) is 36.9 Å². The Balaban J connectivity index is 1.56. The van der Waals surface area contributed by atoms with E-state index in [-0.39, 0.29) is 11.6 Å². The van der Waals surface area contributed by atoms with Crippen LogP contribution in [0, 0.1) is 5.82 Å². The summed E-state index contributed by atoms with van der Waals surface area (Å²) in [6.07, 6.45) is 0.884. The number of benzene rings is 2. The Kier molecular flexibility index (Phi) is 7.38. The molecule has 0 spiro atoms. The van der Waals surface area contributed by atoms with E-state index in [1.807, 2.05) is 24.3 Å². The van der Waals surface area contributed by atoms with Crippen LogP contribution in [0.2, 0.25) is 5.02 Å². The molecule has 3 rings (SSSR count). The van der Waals surface area contributed by atoms with Crippen LogP contribution in [-0.4, -0.2) is 34.6 Å². The SMILES string of the molecule is CC(OC(=O)Nc1cc2ccccc2cn1)C(C)N(C=O)NCc1cccc(F)c1Cl. The molecule has 0 radical (unpaired) electrons. The van der Waals surface area contributed by atoms with Crippen LogP contribution in [0.25, 0.3) is 10.8 Å². The van der Waals surface area contributed by atoms with Crippen LogP contribution < -0.4 is 10.7 Å². The number of aromatic nitrogens is 1. The highest BCUT2D eigenvalue weighted by Gasteiger charge is 2.23. The molecule has 0 saturated heterocycles. The Hall–Kier alpha value is -3.23. The molecular formula is C22H22ClFN4O3. The Morgan fingerprint density at radius 2 is 1.97 bits per heavy atom. The minimum Gasteiger partial charge on any atom is -0.444 e. The minimum absolute atomic E-state index is 0.0138. The molecule has 0 aliphatic rings. The lowest BCUT2D eigenvalue weighted by Gasteiger charge is -2.30. The molecule has 2 aromatic carbocycles. The fourth-order valence-electron chi connectivity index (χ4n) is 2.92. The van der Waals surface area contributed by atoms with E-state index in [0.29, 0.717) is 17.8 Å². The number of nitrogens with zero attached hydrogens (tertiary/aromatic N) is 2. The standard InChI is InChI=1S/C22H22ClFN4O3/c1-14(28(13-29)26-12-18-8-5-9-19(24)21(18)23)15(2)31-22(30)27-20-10-16-6-3-4-7-17(16)11-25-20/h3-11,13-15,26H,12H2,1-2H3,(H,25,27,30). The number of amides is 2. The zero-order valence-corrected chi connectivity index (χ0v) is 17.8. The van der Waals surface area contributed by atoms with Crippen LogP contribution in [0.4, 0.5) is 15.0 Å². The van der Waals surface area contributed by atoms with E-state index in [9.17, 15) is 14.0 Å². The second-order valence-electron chi connectivity index (χ2n) is 6.95. The number of hydrogen-bond acceptors (Lipinski definition) is 5. The van der Waals surface area contributed by atoms with Crippen molar-refractivity contribution in [1.82, 2.24) is 15.4 Å². The number of hydrazine groups is 1. The first-order valence-electron chi connectivity index (χ1n) is 9.61. The molecule has 31 heavy (non-hydrogen) atoms. The monoisotopic (exact) mass is 444 g/mol. The molecule has 1 aromatic heterocycles. The maximum Gasteiger partial charge on any atom is 0.413 e. The third kappa shape index (κ3) is 5.68. The minimum atomic E-state index is -0.693. The zero-order valence-electron chi connectivity index (χ0n) is 17.0. The van der Waals surface area contributed by atoms with Crippen molar-refractivity contribution in [3.63, 3.8) is 0 Å². The number of rotatable bonds is 8. The van der Waals surface area contributed by atoms with Crippen LogP contribution >= 0.6 is 11.6 Å². The van der Waals surface area contributed by atoms with Crippen LogP contribution in [0.1, 0.15) is 19.4 Å². The molecule has 7 nitrogen and oxygen atoms in total. The molecule has 3 aromatic rings. The fourth-order valence-corrected chi connectivity index (χ4v) is 3.11. The Labute approximate surface area is 184 Å². The largest absolute Gasteiger partial charge is 0.444 e. The average Bonchev–Trinajstić information content (AvgIpc) is 2.76. The van der Waals surface area contributed by atoms with Crippen molar-refractivity contribution in [3.8, 4) is 0 Å². The van der Waals surface area contributed by atoms with E-state index < -0.39 is 24.1 Å². The summed E-state index contributed by atoms with van der Waals surface area (Å²) in [5.74, 6) is -0.183. The zero-order chi connectivity index (χ0) is 22.4. The number of carbonyl (C=O) groups excluding carboxylic acids is 2. The van der Waals surface area contributed by atoms with Gasteiger partial charge in [0, 0.05) is 18.1 Å². The number of anilines is 1. The van der Waals surface area contributed by atoms with E-state index in [1.165, 1.54) is 17.1 Å². The van der Waals surface area contributed by atoms with Gasteiger partial charge in [-0.15, -0.1) is 0 Å². The molecule has 2 unspecified atom stereocenters. The average molecular weight is 445 g/mol. The highest BCUT2D eigenvalue weighted by molar-refractivity contribution is 6.31. The van der Waals surface area contributed by atoms with E-state index in [4.69, 9.17) is 16.3 Å². The predicted molar refractivity (Wildman–Crippen MR) is 117 cm³/mol. The number of halogens is 2. The van der Waals surface area contributed by atoms with Gasteiger partial charge in [-0.3, -0.25) is 15.1 Å². The number of nitrogens with one attached hydrogen (secondary N) is 2. The molecule has 2 amide bonds. The van der Waals surface area contributed by atoms with Crippen molar-refractivity contribution in [3.05, 3.63) is 71.1 Å². The van der Waals surface area contributed by atoms with Gasteiger partial charge in [0.2, 0.25) is 6.41 Å². The third-order valence-electron chi connectivity index (χ3n) is 4.87. The second-order valence-corrected chi connectivity index (χ2v) is 7.33. The van der Waals surface area contributed by atoms with Gasteiger partial charge in [-0.25, -0.2) is 19.6 Å². The fraction of sp³-hybridized carbons (Fsp3) is 0.227. The summed E-state index contributed by atoms with van der Waals surface area (Å²) < 4.78 is 19.0. The van der Waals surface area contributed by atoms with Gasteiger partial charge in [0.1, 0.15) is 17.7 Å². The third-order valence-corrected chi connectivity index (χ3v) is 5.29. The highest BCUT2D eigenvalue weighted by atomic mass is 35.5. The molecule has 0 aliphatic heterocycles. The van der Waals surface area contributed by atoms with Gasteiger partial charge in [-0.1, -0.05) is 48.0 Å². The van der Waals surface area contributed by atoms with Gasteiger partial charge in [0.05, 0.1) is 11.1 Å². The first-order chi connectivity index (χ1) is 14.9. The second kappa shape index (κ2) is 10.2. The van der Waals surface area contributed by atoms with Gasteiger partial charge in [0.25, 0.3) is 0 Å². The van der Waals surface area contributed by atoms with Gasteiger partial charge in [-0.2, -0.15) is 0 Å². The van der Waals surface area contributed by atoms with Crippen LogP contribution in [0.3, 0.4) is 0 Å². The quantitative estimate of drug-likeness (QED) is 0.394. The van der Waals surface area contributed by atoms with Gasteiger partial charge in [0.15, 0.2) is 0 Å².